The summed E-state index contributed by atoms with van der Waals surface area (Å²) in [5.74, 6) is -4.78. The van der Waals surface area contributed by atoms with E-state index in [2.05, 4.69) is 57.2 Å². The number of anilines is 2. The number of carboxylic acids is 1. The lowest BCUT2D eigenvalue weighted by Crippen LogP contribution is -2.45. The minimum atomic E-state index is -1.13. The molecule has 10 aromatic rings. The van der Waals surface area contributed by atoms with Crippen molar-refractivity contribution >= 4 is 98.1 Å². The predicted molar refractivity (Wildman–Crippen MR) is 550 cm³/mol. The van der Waals surface area contributed by atoms with Gasteiger partial charge in [-0.2, -0.15) is 10.2 Å². The van der Waals surface area contributed by atoms with Crippen LogP contribution in [0.25, 0.3) is 66.6 Å². The second-order valence-corrected chi connectivity index (χ2v) is 35.6. The first-order valence-electron chi connectivity index (χ1n) is 50.0. The molecule has 9 amide bonds. The van der Waals surface area contributed by atoms with Crippen molar-refractivity contribution in [1.82, 2.24) is 75.9 Å². The first-order valence-corrected chi connectivity index (χ1v) is 50.0. The first-order chi connectivity index (χ1) is 70.3. The number of ether oxygens (including phenoxy) is 6. The second kappa shape index (κ2) is 61.1. The van der Waals surface area contributed by atoms with Gasteiger partial charge in [-0.1, -0.05) is 115 Å². The van der Waals surface area contributed by atoms with E-state index in [4.69, 9.17) is 43.7 Å². The van der Waals surface area contributed by atoms with Crippen LogP contribution >= 0.6 is 0 Å². The molecular weight excluding hydrogens is 1860 g/mol. The van der Waals surface area contributed by atoms with Gasteiger partial charge >= 0.3 is 18.0 Å². The van der Waals surface area contributed by atoms with E-state index in [1.165, 1.54) is 16.3 Å². The largest absolute Gasteiger partial charge is 0.481 e. The number of amides is 9. The number of aryl methyl sites for hydroxylation is 2. The number of carboxylic acid groups (broad SMARTS) is 1. The van der Waals surface area contributed by atoms with Crippen molar-refractivity contribution in [3.63, 3.8) is 0 Å². The Morgan fingerprint density at radius 2 is 0.952 bits per heavy atom. The highest BCUT2D eigenvalue weighted by molar-refractivity contribution is 5.97. The molecule has 145 heavy (non-hydrogen) atoms. The molecule has 3 atom stereocenters. The van der Waals surface area contributed by atoms with Gasteiger partial charge in [-0.25, -0.2) is 19.0 Å². The summed E-state index contributed by atoms with van der Waals surface area (Å²) >= 11 is 0. The minimum absolute atomic E-state index is 0.00801. The number of carbonyl (C=O) groups is 11. The summed E-state index contributed by atoms with van der Waals surface area (Å²) in [5, 5.41) is 40.2. The summed E-state index contributed by atoms with van der Waals surface area (Å²) in [6.07, 6.45) is 16.0. The Labute approximate surface area is 844 Å². The SMILES string of the molecule is CC.CC(=O)CCCC(=O)N[C@H](C(=O)C[C@@H](C)C(=O)NCCCCn1nc(-c2ccc(NC(=O)N3Cc4ccncc4C3)cc2)cc(-c2cccc3ncccc23)c1=O)C(C)C.COCCOCCOCCOCCOCCOCCC(=O)NCCCC[C@H](CC(=O)CNC(=O)CCC(=O)O)C(=O)NCCCCCCn1nc(-c2ccc(NC(=O)N3Cc4ccncc4C3)cc2)cc(-c2ccc3cccnc3c2)c1=O. The number of pyridine rings is 4. The van der Waals surface area contributed by atoms with Crippen LogP contribution in [0.5, 0.6) is 0 Å². The topological polar surface area (TPSA) is 475 Å². The maximum Gasteiger partial charge on any atom is 0.322 e. The summed E-state index contributed by atoms with van der Waals surface area (Å²) in [6, 6.07) is 40.0. The van der Waals surface area contributed by atoms with Crippen LogP contribution in [-0.4, -0.2) is 231 Å². The maximum atomic E-state index is 14.1. The summed E-state index contributed by atoms with van der Waals surface area (Å²) in [7, 11) is 1.62. The van der Waals surface area contributed by atoms with E-state index < -0.39 is 29.8 Å². The number of unbranched alkanes of at least 4 members (excludes halogenated alkanes) is 5. The van der Waals surface area contributed by atoms with Gasteiger partial charge in [0.2, 0.25) is 29.5 Å². The average molecular weight is 1990 g/mol. The molecule has 8 N–H and O–H groups in total. The molecule has 0 aliphatic carbocycles. The standard InChI is InChI=1S/C60H79N9O14.C46H52N8O6.C2H6/c1-78-27-28-80-31-32-82-35-36-83-34-33-81-30-29-79-26-20-56(72)63-21-6-4-9-47(37-51(70)41-65-55(71)17-18-57(73)74)58(75)64-22-5-2-3-7-25-69-59(76)52(46-12-11-44-10-8-23-62-53(44)38-46)39-54(67-69)45-13-15-50(16-14-45)66-60(77)68-42-48-19-24-61-40-49(48)43-68;1-29(2)43(51-42(57)14-7-10-31(4)55)41(56)24-30(3)44(58)49-20-5-6-23-54-45(59)38(36-11-8-13-39-37(36)12-9-21-48-39)25-40(52-54)32-15-17-35(18-16-32)50-46(60)53-27-33-19-22-47-26-34(33)28-53;1-2/h8,10-16,19,23-24,38-40,47H,2-7,9,17-18,20-22,25-37,41-43H2,1H3,(H,63,72)(H,64,75)(H,65,71)(H,66,77)(H,73,74);8-9,11-13,15-19,21-22,25-26,29-30,43H,5-7,10,14,20,23-24,27-28H2,1-4H3,(H,49,58)(H,50,60)(H,51,57);1-2H3/t47-;30-,43+;/m11./s1. The molecular formula is C108H137N17O20. The van der Waals surface area contributed by atoms with Crippen molar-refractivity contribution in [2.45, 2.75) is 196 Å². The molecule has 6 aromatic heterocycles. The van der Waals surface area contributed by atoms with Crippen LogP contribution < -0.4 is 48.3 Å². The number of Topliss-reactive ketones (excluding diaryl/α,β-unsaturated/α-hetero) is 3. The average Bonchev–Trinajstić information content (AvgIpc) is 1.30. The zero-order valence-corrected chi connectivity index (χ0v) is 84.0. The van der Waals surface area contributed by atoms with Gasteiger partial charge < -0.3 is 85.3 Å². The number of urea groups is 2. The van der Waals surface area contributed by atoms with Gasteiger partial charge in [0.05, 0.1) is 125 Å². The smallest absolute Gasteiger partial charge is 0.322 e. The van der Waals surface area contributed by atoms with Crippen LogP contribution in [0.15, 0.2) is 180 Å². The molecule has 37 nitrogen and oxygen atoms in total. The van der Waals surface area contributed by atoms with E-state index in [0.717, 1.165) is 73.6 Å². The van der Waals surface area contributed by atoms with E-state index in [1.54, 1.807) is 73.1 Å². The normalized spacial score (nSPS) is 12.5. The number of rotatable bonds is 59. The van der Waals surface area contributed by atoms with Crippen molar-refractivity contribution < 1.29 is 86.3 Å². The monoisotopic (exact) mass is 1990 g/mol. The van der Waals surface area contributed by atoms with Gasteiger partial charge in [0.15, 0.2) is 11.6 Å². The molecule has 4 aromatic carbocycles. The van der Waals surface area contributed by atoms with E-state index in [0.29, 0.717) is 216 Å². The Kier molecular flexibility index (Phi) is 47.6. The number of nitrogens with one attached hydrogen (secondary N) is 7. The summed E-state index contributed by atoms with van der Waals surface area (Å²) in [4.78, 5) is 187. The van der Waals surface area contributed by atoms with Crippen LogP contribution in [0.3, 0.4) is 0 Å². The fourth-order valence-electron chi connectivity index (χ4n) is 16.3. The summed E-state index contributed by atoms with van der Waals surface area (Å²) in [6.45, 7) is 18.9. The summed E-state index contributed by atoms with van der Waals surface area (Å²) in [5.41, 5.74) is 11.5. The quantitative estimate of drug-likeness (QED) is 0.0164. The van der Waals surface area contributed by atoms with Crippen LogP contribution in [0.2, 0.25) is 0 Å². The van der Waals surface area contributed by atoms with E-state index in [9.17, 15) is 62.3 Å². The van der Waals surface area contributed by atoms with Gasteiger partial charge in [0.1, 0.15) is 5.78 Å². The molecule has 0 saturated carbocycles. The summed E-state index contributed by atoms with van der Waals surface area (Å²) < 4.78 is 35.1. The van der Waals surface area contributed by atoms with Crippen molar-refractivity contribution in [3.05, 3.63) is 214 Å². The number of hydrogen-bond donors (Lipinski definition) is 8. The van der Waals surface area contributed by atoms with Crippen LogP contribution in [-0.2, 0) is 111 Å². The van der Waals surface area contributed by atoms with Gasteiger partial charge in [-0.15, -0.1) is 0 Å². The van der Waals surface area contributed by atoms with Crippen molar-refractivity contribution in [3.8, 4) is 44.8 Å². The molecule has 37 heteroatoms. The zero-order chi connectivity index (χ0) is 104. The van der Waals surface area contributed by atoms with Crippen molar-refractivity contribution in [2.24, 2.45) is 17.8 Å². The number of nitrogens with zero attached hydrogens (tertiary/aromatic N) is 10. The highest BCUT2D eigenvalue weighted by atomic mass is 16.6. The molecule has 0 bridgehead atoms. The lowest BCUT2D eigenvalue weighted by atomic mass is 9.92. The molecule has 0 fully saturated rings. The number of carbonyl (C=O) groups excluding carboxylic acids is 10. The molecule has 0 unspecified atom stereocenters. The second-order valence-electron chi connectivity index (χ2n) is 35.6. The van der Waals surface area contributed by atoms with Crippen LogP contribution in [0.4, 0.5) is 21.0 Å². The number of methoxy groups -OCH3 is 1. The van der Waals surface area contributed by atoms with E-state index >= 15 is 0 Å². The van der Waals surface area contributed by atoms with Gasteiger partial charge in [0, 0.05) is 187 Å². The number of hydrogen-bond acceptors (Lipinski definition) is 25. The van der Waals surface area contributed by atoms with E-state index in [-0.39, 0.29) is 128 Å². The Bertz CT molecular complexity index is 6000. The molecule has 0 saturated heterocycles. The fraction of sp³-hybridized carbons (Fsp3) is 0.454. The van der Waals surface area contributed by atoms with Crippen LogP contribution in [0, 0.1) is 17.8 Å². The zero-order valence-electron chi connectivity index (χ0n) is 84.0. The molecule has 0 radical (unpaired) electrons. The van der Waals surface area contributed by atoms with Crippen molar-refractivity contribution in [1.29, 1.82) is 0 Å². The number of ketones is 3. The first kappa shape index (κ1) is 113. The number of aromatic nitrogens is 8. The van der Waals surface area contributed by atoms with Gasteiger partial charge in [-0.3, -0.25) is 67.9 Å². The third kappa shape index (κ3) is 37.5. The lowest BCUT2D eigenvalue weighted by molar-refractivity contribution is -0.139. The predicted octanol–water partition coefficient (Wildman–Crippen LogP) is 13.2. The minimum Gasteiger partial charge on any atom is -0.481 e. The Balaban J connectivity index is 0.000000307. The molecule has 2 aliphatic heterocycles. The number of benzene rings is 4. The van der Waals surface area contributed by atoms with Crippen LogP contribution in [0.1, 0.15) is 173 Å². The van der Waals surface area contributed by atoms with Crippen molar-refractivity contribution in [2.75, 3.05) is 117 Å². The Hall–Kier alpha value is -14.1. The molecule has 2 aliphatic rings. The molecule has 8 heterocycles. The van der Waals surface area contributed by atoms with Gasteiger partial charge in [-0.05, 0) is 164 Å². The highest BCUT2D eigenvalue weighted by Gasteiger charge is 2.31. The lowest BCUT2D eigenvalue weighted by Gasteiger charge is -2.22. The van der Waals surface area contributed by atoms with E-state index in [1.807, 2.05) is 149 Å². The third-order valence-corrected chi connectivity index (χ3v) is 24.2. The number of fused-ring (bicyclic) bond motifs is 4. The number of aliphatic carboxylic acids is 1. The highest BCUT2D eigenvalue weighted by Crippen LogP contribution is 2.32. The fourth-order valence-corrected chi connectivity index (χ4v) is 16.3. The maximum absolute atomic E-state index is 14.1. The van der Waals surface area contributed by atoms with Gasteiger partial charge in [0.25, 0.3) is 11.1 Å². The molecule has 774 valence electrons. The molecule has 0 spiro atoms. The Morgan fingerprint density at radius 3 is 1.53 bits per heavy atom. The third-order valence-electron chi connectivity index (χ3n) is 24.2. The molecule has 12 rings (SSSR count). The Morgan fingerprint density at radius 1 is 0.441 bits per heavy atom.